The highest BCUT2D eigenvalue weighted by atomic mass is 35.5. The van der Waals surface area contributed by atoms with Gasteiger partial charge in [0.25, 0.3) is 5.69 Å². The lowest BCUT2D eigenvalue weighted by atomic mass is 10.2. The van der Waals surface area contributed by atoms with Gasteiger partial charge in [0.1, 0.15) is 5.75 Å². The summed E-state index contributed by atoms with van der Waals surface area (Å²) in [5.41, 5.74) is 0.712. The van der Waals surface area contributed by atoms with Gasteiger partial charge >= 0.3 is 0 Å². The van der Waals surface area contributed by atoms with E-state index in [4.69, 9.17) is 16.3 Å². The third-order valence-electron chi connectivity index (χ3n) is 3.17. The van der Waals surface area contributed by atoms with Crippen LogP contribution in [0.15, 0.2) is 47.9 Å². The van der Waals surface area contributed by atoms with E-state index in [1.807, 2.05) is 0 Å². The van der Waals surface area contributed by atoms with Gasteiger partial charge in [0, 0.05) is 28.1 Å². The van der Waals surface area contributed by atoms with Crippen molar-refractivity contribution < 1.29 is 18.1 Å². The molecule has 6 nitrogen and oxygen atoms in total. The fourth-order valence-electron chi connectivity index (χ4n) is 2.01. The molecule has 0 heterocycles. The summed E-state index contributed by atoms with van der Waals surface area (Å²) in [6.45, 7) is 0. The van der Waals surface area contributed by atoms with Crippen LogP contribution in [0.25, 0.3) is 6.08 Å². The Morgan fingerprint density at radius 3 is 2.46 bits per heavy atom. The molecule has 0 N–H and O–H groups in total. The summed E-state index contributed by atoms with van der Waals surface area (Å²) in [5.74, 6) is -0.119. The van der Waals surface area contributed by atoms with Crippen LogP contribution >= 0.6 is 11.6 Å². The Morgan fingerprint density at radius 2 is 1.88 bits per heavy atom. The van der Waals surface area contributed by atoms with Gasteiger partial charge in [0.05, 0.1) is 17.8 Å². The number of sulfone groups is 1. The molecule has 2 aromatic carbocycles. The van der Waals surface area contributed by atoms with Crippen LogP contribution in [0.3, 0.4) is 0 Å². The van der Waals surface area contributed by atoms with E-state index in [0.29, 0.717) is 10.6 Å². The molecule has 24 heavy (non-hydrogen) atoms. The highest BCUT2D eigenvalue weighted by molar-refractivity contribution is 7.93. The minimum atomic E-state index is -3.63. The number of non-ortho nitro benzene ring substituents is 1. The molecule has 0 aliphatic heterocycles. The Kier molecular flexibility index (Phi) is 5.58. The van der Waals surface area contributed by atoms with E-state index in [2.05, 4.69) is 0 Å². The molecule has 0 aliphatic carbocycles. The minimum Gasteiger partial charge on any atom is -0.496 e. The smallest absolute Gasteiger partial charge is 0.270 e. The highest BCUT2D eigenvalue weighted by Crippen LogP contribution is 2.26. The third-order valence-corrected chi connectivity index (χ3v) is 4.69. The van der Waals surface area contributed by atoms with Crippen molar-refractivity contribution in [1.29, 1.82) is 0 Å². The van der Waals surface area contributed by atoms with Gasteiger partial charge in [-0.05, 0) is 29.8 Å². The number of nitrogens with zero attached hydrogens (tertiary/aromatic N) is 1. The van der Waals surface area contributed by atoms with Crippen molar-refractivity contribution in [2.75, 3.05) is 7.11 Å². The quantitative estimate of drug-likeness (QED) is 0.571. The lowest BCUT2D eigenvalue weighted by Crippen LogP contribution is -2.03. The maximum absolute atomic E-state index is 12.3. The van der Waals surface area contributed by atoms with E-state index < -0.39 is 20.5 Å². The number of ether oxygens (including phenoxy) is 1. The zero-order valence-electron chi connectivity index (χ0n) is 12.7. The van der Waals surface area contributed by atoms with Crippen molar-refractivity contribution in [3.8, 4) is 5.75 Å². The molecule has 0 saturated heterocycles. The predicted molar refractivity (Wildman–Crippen MR) is 92.8 cm³/mol. The molecule has 2 rings (SSSR count). The average molecular weight is 368 g/mol. The van der Waals surface area contributed by atoms with E-state index in [-0.39, 0.29) is 17.0 Å². The Balaban J connectivity index is 2.26. The molecule has 0 radical (unpaired) electrons. The van der Waals surface area contributed by atoms with Crippen LogP contribution < -0.4 is 4.74 Å². The van der Waals surface area contributed by atoms with Gasteiger partial charge in [-0.1, -0.05) is 23.7 Å². The van der Waals surface area contributed by atoms with Crippen LogP contribution in [0.5, 0.6) is 5.75 Å². The molecule has 126 valence electrons. The van der Waals surface area contributed by atoms with Crippen molar-refractivity contribution in [3.63, 3.8) is 0 Å². The second kappa shape index (κ2) is 7.46. The molecule has 0 bridgehead atoms. The molecule has 0 amide bonds. The number of nitro groups is 1. The van der Waals surface area contributed by atoms with Crippen LogP contribution in [0.4, 0.5) is 5.69 Å². The molecule has 0 atom stereocenters. The molecule has 2 aromatic rings. The maximum Gasteiger partial charge on any atom is 0.270 e. The normalized spacial score (nSPS) is 11.6. The third kappa shape index (κ3) is 4.81. The number of benzene rings is 2. The predicted octanol–water partition coefficient (Wildman–Crippen LogP) is 3.84. The summed E-state index contributed by atoms with van der Waals surface area (Å²) in [4.78, 5) is 10.3. The second-order valence-electron chi connectivity index (χ2n) is 4.91. The molecule has 0 aromatic heterocycles. The monoisotopic (exact) mass is 367 g/mol. The summed E-state index contributed by atoms with van der Waals surface area (Å²) in [5, 5.41) is 12.5. The Bertz CT molecular complexity index is 876. The van der Waals surface area contributed by atoms with E-state index >= 15 is 0 Å². The van der Waals surface area contributed by atoms with Crippen molar-refractivity contribution in [2.45, 2.75) is 5.75 Å². The van der Waals surface area contributed by atoms with E-state index in [9.17, 15) is 18.5 Å². The first kappa shape index (κ1) is 18.0. The molecule has 0 fully saturated rings. The summed E-state index contributed by atoms with van der Waals surface area (Å²) < 4.78 is 29.6. The Labute approximate surface area is 144 Å². The molecule has 0 saturated carbocycles. The second-order valence-corrected chi connectivity index (χ2v) is 7.24. The van der Waals surface area contributed by atoms with Crippen molar-refractivity contribution in [2.24, 2.45) is 0 Å². The van der Waals surface area contributed by atoms with Crippen molar-refractivity contribution in [1.82, 2.24) is 0 Å². The van der Waals surface area contributed by atoms with Gasteiger partial charge in [-0.3, -0.25) is 10.1 Å². The number of hydrogen-bond donors (Lipinski definition) is 0. The number of hydrogen-bond acceptors (Lipinski definition) is 5. The average Bonchev–Trinajstić information content (AvgIpc) is 2.54. The van der Waals surface area contributed by atoms with Gasteiger partial charge in [0.15, 0.2) is 9.84 Å². The largest absolute Gasteiger partial charge is 0.496 e. The molecular formula is C16H14ClNO5S. The number of nitro benzene ring substituents is 1. The first-order valence-corrected chi connectivity index (χ1v) is 8.88. The van der Waals surface area contributed by atoms with E-state index in [1.165, 1.54) is 31.4 Å². The molecule has 0 unspecified atom stereocenters. The van der Waals surface area contributed by atoms with Crippen molar-refractivity contribution in [3.05, 3.63) is 74.1 Å². The number of methoxy groups -OCH3 is 1. The Hall–Kier alpha value is -2.38. The minimum absolute atomic E-state index is 0.192. The maximum atomic E-state index is 12.3. The van der Waals surface area contributed by atoms with Gasteiger partial charge < -0.3 is 4.74 Å². The SMILES string of the molecule is COc1ccc([N+](=O)[O-])cc1CS(=O)(=O)C=Cc1ccc(Cl)cc1. The standard InChI is InChI=1S/C16H14ClNO5S/c1-23-16-7-6-15(18(19)20)10-13(16)11-24(21,22)9-8-12-2-4-14(17)5-3-12/h2-10H,11H2,1H3. The number of halogens is 1. The van der Waals surface area contributed by atoms with Gasteiger partial charge in [-0.25, -0.2) is 8.42 Å². The lowest BCUT2D eigenvalue weighted by Gasteiger charge is -2.07. The number of rotatable bonds is 6. The summed E-state index contributed by atoms with van der Waals surface area (Å²) in [6, 6.07) is 10.5. The van der Waals surface area contributed by atoms with Crippen LogP contribution in [0.1, 0.15) is 11.1 Å². The molecule has 0 spiro atoms. The molecular weight excluding hydrogens is 354 g/mol. The Morgan fingerprint density at radius 1 is 1.21 bits per heavy atom. The van der Waals surface area contributed by atoms with Crippen LogP contribution in [0, 0.1) is 10.1 Å². The lowest BCUT2D eigenvalue weighted by molar-refractivity contribution is -0.384. The van der Waals surface area contributed by atoms with Crippen molar-refractivity contribution >= 4 is 33.2 Å². The zero-order valence-corrected chi connectivity index (χ0v) is 14.3. The molecule has 8 heteroatoms. The van der Waals surface area contributed by atoms with Gasteiger partial charge in [-0.2, -0.15) is 0 Å². The highest BCUT2D eigenvalue weighted by Gasteiger charge is 2.16. The fourth-order valence-corrected chi connectivity index (χ4v) is 3.26. The summed E-state index contributed by atoms with van der Waals surface area (Å²) in [6.07, 6.45) is 1.44. The molecule has 0 aliphatic rings. The first-order chi connectivity index (χ1) is 11.3. The van der Waals surface area contributed by atoms with Crippen LogP contribution in [-0.2, 0) is 15.6 Å². The van der Waals surface area contributed by atoms with Crippen LogP contribution in [0.2, 0.25) is 5.02 Å². The first-order valence-electron chi connectivity index (χ1n) is 6.78. The zero-order chi connectivity index (χ0) is 17.7. The van der Waals surface area contributed by atoms with E-state index in [0.717, 1.165) is 5.41 Å². The van der Waals surface area contributed by atoms with Crippen LogP contribution in [-0.4, -0.2) is 20.5 Å². The topological polar surface area (TPSA) is 86.5 Å². The summed E-state index contributed by atoms with van der Waals surface area (Å²) >= 11 is 5.77. The fraction of sp³-hybridized carbons (Fsp3) is 0.125. The summed E-state index contributed by atoms with van der Waals surface area (Å²) in [7, 11) is -2.26. The van der Waals surface area contributed by atoms with E-state index in [1.54, 1.807) is 24.3 Å². The van der Waals surface area contributed by atoms with Gasteiger partial charge in [0.2, 0.25) is 0 Å². The van der Waals surface area contributed by atoms with Gasteiger partial charge in [-0.15, -0.1) is 0 Å².